The van der Waals surface area contributed by atoms with Gasteiger partial charge in [0.1, 0.15) is 18.0 Å². The first-order chi connectivity index (χ1) is 12.1. The number of carbonyl (C=O) groups is 1. The predicted molar refractivity (Wildman–Crippen MR) is 90.7 cm³/mol. The van der Waals surface area contributed by atoms with Crippen LogP contribution in [0.1, 0.15) is 23.2 Å². The largest absolute Gasteiger partial charge is 0.494 e. The monoisotopic (exact) mass is 346 g/mol. The number of ether oxygens (including phenoxy) is 3. The highest BCUT2D eigenvalue weighted by Gasteiger charge is 2.26. The van der Waals surface area contributed by atoms with Gasteiger partial charge in [-0.3, -0.25) is 4.79 Å². The Kier molecular flexibility index (Phi) is 6.39. The van der Waals surface area contributed by atoms with E-state index in [4.69, 9.17) is 14.2 Å². The molecular formula is C17H18N2O6. The van der Waals surface area contributed by atoms with Crippen molar-refractivity contribution in [2.45, 2.75) is 18.9 Å². The van der Waals surface area contributed by atoms with Crippen LogP contribution in [0.5, 0.6) is 5.75 Å². The Bertz CT molecular complexity index is 726. The fourth-order valence-electron chi connectivity index (χ4n) is 2.41. The van der Waals surface area contributed by atoms with E-state index < -0.39 is 11.9 Å². The Morgan fingerprint density at radius 2 is 1.84 bits per heavy atom. The first kappa shape index (κ1) is 18.3. The average Bonchev–Trinajstić information content (AvgIpc) is 2.66. The molecule has 132 valence electrons. The molecule has 8 nitrogen and oxygen atoms in total. The van der Waals surface area contributed by atoms with Crippen molar-refractivity contribution in [3.8, 4) is 5.75 Å². The highest BCUT2D eigenvalue weighted by atomic mass is 16.5. The summed E-state index contributed by atoms with van der Waals surface area (Å²) in [6.45, 7) is -0.358. The fraction of sp³-hybridized carbons (Fsp3) is 0.353. The van der Waals surface area contributed by atoms with Crippen LogP contribution in [0.15, 0.2) is 52.2 Å². The van der Waals surface area contributed by atoms with Crippen LogP contribution >= 0.6 is 0 Å². The lowest BCUT2D eigenvalue weighted by Gasteiger charge is -2.21. The molecular weight excluding hydrogens is 328 g/mol. The Labute approximate surface area is 144 Å². The first-order valence-electron chi connectivity index (χ1n) is 7.60. The van der Waals surface area contributed by atoms with E-state index in [9.17, 15) is 14.6 Å². The lowest BCUT2D eigenvalue weighted by molar-refractivity contribution is 0.0631. The quantitative estimate of drug-likeness (QED) is 0.499. The van der Waals surface area contributed by atoms with Crippen molar-refractivity contribution in [3.63, 3.8) is 0 Å². The number of allylic oxidation sites excluding steroid dienone is 2. The Morgan fingerprint density at radius 1 is 1.12 bits per heavy atom. The molecule has 0 saturated carbocycles. The normalized spacial score (nSPS) is 14.6. The first-order valence-corrected chi connectivity index (χ1v) is 7.60. The molecule has 0 amide bonds. The van der Waals surface area contributed by atoms with Crippen molar-refractivity contribution in [1.29, 1.82) is 0 Å². The van der Waals surface area contributed by atoms with Gasteiger partial charge in [0.25, 0.3) is 0 Å². The van der Waals surface area contributed by atoms with Crippen LogP contribution in [0, 0.1) is 9.81 Å². The molecule has 1 aliphatic rings. The van der Waals surface area contributed by atoms with E-state index in [1.165, 1.54) is 32.4 Å². The third-order valence-electron chi connectivity index (χ3n) is 3.65. The summed E-state index contributed by atoms with van der Waals surface area (Å²) < 4.78 is 15.9. The number of hydrogen-bond donors (Lipinski definition) is 0. The minimum atomic E-state index is -1.11. The average molecular weight is 346 g/mol. The number of nitrogens with zero attached hydrogens (tertiary/aromatic N) is 2. The third-order valence-corrected chi connectivity index (χ3v) is 3.65. The zero-order valence-electron chi connectivity index (χ0n) is 13.9. The van der Waals surface area contributed by atoms with Crippen LogP contribution in [0.4, 0.5) is 5.69 Å². The Hall–Kier alpha value is -3.03. The van der Waals surface area contributed by atoms with Gasteiger partial charge in [0.15, 0.2) is 17.6 Å². The smallest absolute Gasteiger partial charge is 0.205 e. The maximum atomic E-state index is 12.7. The number of nitroso groups, excluding NO2 is 2. The minimum Gasteiger partial charge on any atom is -0.494 e. The molecule has 0 radical (unpaired) electrons. The van der Waals surface area contributed by atoms with Crippen molar-refractivity contribution < 1.29 is 19.0 Å². The van der Waals surface area contributed by atoms with Crippen LogP contribution in [-0.2, 0) is 9.47 Å². The summed E-state index contributed by atoms with van der Waals surface area (Å²) in [7, 11) is 2.86. The topological polar surface area (TPSA) is 104 Å². The van der Waals surface area contributed by atoms with E-state index in [2.05, 4.69) is 10.4 Å². The molecule has 8 heteroatoms. The van der Waals surface area contributed by atoms with Crippen LogP contribution in [0.2, 0.25) is 0 Å². The second kappa shape index (κ2) is 8.72. The molecule has 1 aliphatic carbocycles. The minimum absolute atomic E-state index is 0.0737. The van der Waals surface area contributed by atoms with Gasteiger partial charge in [-0.1, -0.05) is 5.18 Å². The highest BCUT2D eigenvalue weighted by molar-refractivity contribution is 6.00. The maximum absolute atomic E-state index is 12.7. The van der Waals surface area contributed by atoms with Crippen molar-refractivity contribution in [2.75, 3.05) is 20.8 Å². The summed E-state index contributed by atoms with van der Waals surface area (Å²) in [5.74, 6) is 0.604. The van der Waals surface area contributed by atoms with Crippen molar-refractivity contribution in [2.24, 2.45) is 10.4 Å². The summed E-state index contributed by atoms with van der Waals surface area (Å²) in [6, 6.07) is 4.17. The van der Waals surface area contributed by atoms with Gasteiger partial charge in [-0.25, -0.2) is 0 Å². The molecule has 1 atom stereocenters. The SMILES string of the molecule is COC1=CCCC=C1OC(CN=O)C(=O)c1ccc(N=O)c(OC)c1. The second-order valence-corrected chi connectivity index (χ2v) is 5.18. The lowest BCUT2D eigenvalue weighted by Crippen LogP contribution is -2.28. The molecule has 0 fully saturated rings. The standard InChI is InChI=1S/C17H18N2O6/c1-23-13-5-3-4-6-14(13)25-16(10-18-21)17(20)11-7-8-12(19-22)15(9-11)24-2/h5-9,16H,3-4,10H2,1-2H3. The zero-order chi connectivity index (χ0) is 18.2. The van der Waals surface area contributed by atoms with E-state index in [0.717, 1.165) is 12.8 Å². The summed E-state index contributed by atoms with van der Waals surface area (Å²) in [6.07, 6.45) is 4.08. The van der Waals surface area contributed by atoms with Gasteiger partial charge in [-0.15, -0.1) is 4.91 Å². The molecule has 25 heavy (non-hydrogen) atoms. The van der Waals surface area contributed by atoms with Gasteiger partial charge in [0.2, 0.25) is 5.78 Å². The summed E-state index contributed by atoms with van der Waals surface area (Å²) in [4.78, 5) is 34.1. The van der Waals surface area contributed by atoms with Gasteiger partial charge >= 0.3 is 0 Å². The molecule has 1 aromatic rings. The van der Waals surface area contributed by atoms with Crippen molar-refractivity contribution in [1.82, 2.24) is 0 Å². The van der Waals surface area contributed by atoms with Crippen LogP contribution in [-0.4, -0.2) is 32.7 Å². The Morgan fingerprint density at radius 3 is 2.44 bits per heavy atom. The lowest BCUT2D eigenvalue weighted by atomic mass is 10.0. The van der Waals surface area contributed by atoms with Crippen LogP contribution in [0.3, 0.4) is 0 Å². The van der Waals surface area contributed by atoms with Crippen LogP contribution < -0.4 is 4.74 Å². The summed E-state index contributed by atoms with van der Waals surface area (Å²) in [5, 5.41) is 5.61. The number of benzene rings is 1. The summed E-state index contributed by atoms with van der Waals surface area (Å²) in [5.41, 5.74) is 0.293. The second-order valence-electron chi connectivity index (χ2n) is 5.18. The predicted octanol–water partition coefficient (Wildman–Crippen LogP) is 3.64. The van der Waals surface area contributed by atoms with Crippen molar-refractivity contribution in [3.05, 3.63) is 57.2 Å². The number of hydrogen-bond acceptors (Lipinski definition) is 8. The third kappa shape index (κ3) is 4.28. The molecule has 0 bridgehead atoms. The molecule has 2 rings (SSSR count). The molecule has 0 aromatic heterocycles. The Balaban J connectivity index is 2.26. The number of methoxy groups -OCH3 is 2. The van der Waals surface area contributed by atoms with Gasteiger partial charge in [-0.2, -0.15) is 4.91 Å². The fourth-order valence-corrected chi connectivity index (χ4v) is 2.41. The van der Waals surface area contributed by atoms with Gasteiger partial charge in [0, 0.05) is 5.56 Å². The molecule has 0 saturated heterocycles. The molecule has 0 aliphatic heterocycles. The van der Waals surface area contributed by atoms with Crippen LogP contribution in [0.25, 0.3) is 0 Å². The summed E-state index contributed by atoms with van der Waals surface area (Å²) >= 11 is 0. The van der Waals surface area contributed by atoms with Crippen molar-refractivity contribution >= 4 is 11.5 Å². The highest BCUT2D eigenvalue weighted by Crippen LogP contribution is 2.29. The van der Waals surface area contributed by atoms with E-state index in [0.29, 0.717) is 11.5 Å². The maximum Gasteiger partial charge on any atom is 0.205 e. The van der Waals surface area contributed by atoms with E-state index in [1.807, 2.05) is 6.08 Å². The zero-order valence-corrected chi connectivity index (χ0v) is 13.9. The van der Waals surface area contributed by atoms with Gasteiger partial charge in [0.05, 0.1) is 14.2 Å². The molecule has 1 aromatic carbocycles. The van der Waals surface area contributed by atoms with Gasteiger partial charge < -0.3 is 14.2 Å². The van der Waals surface area contributed by atoms with E-state index in [-0.39, 0.29) is 23.5 Å². The molecule has 0 spiro atoms. The van der Waals surface area contributed by atoms with E-state index in [1.54, 1.807) is 6.08 Å². The molecule has 0 heterocycles. The number of Topliss-reactive ketones (excluding diaryl/α,β-unsaturated/α-hetero) is 1. The number of rotatable bonds is 9. The number of carbonyl (C=O) groups excluding carboxylic acids is 1. The molecule has 0 N–H and O–H groups in total. The molecule has 1 unspecified atom stereocenters. The van der Waals surface area contributed by atoms with Gasteiger partial charge in [-0.05, 0) is 48.4 Å². The number of ketones is 1. The van der Waals surface area contributed by atoms with E-state index >= 15 is 0 Å².